The molecule has 0 aliphatic heterocycles. The molecule has 1 aromatic heterocycles. The molecule has 0 aliphatic rings. The van der Waals surface area contributed by atoms with Crippen LogP contribution in [0.25, 0.3) is 0 Å². The summed E-state index contributed by atoms with van der Waals surface area (Å²) in [6, 6.07) is 1.43. The Kier molecular flexibility index (Phi) is 5.40. The fourth-order valence-electron chi connectivity index (χ4n) is 1.42. The normalized spacial score (nSPS) is 11.8. The Bertz CT molecular complexity index is 533. The zero-order chi connectivity index (χ0) is 17.1. The van der Waals surface area contributed by atoms with E-state index in [0.29, 0.717) is 0 Å². The summed E-state index contributed by atoms with van der Waals surface area (Å²) in [7, 11) is 0. The van der Waals surface area contributed by atoms with Crippen LogP contribution in [-0.2, 0) is 9.47 Å². The summed E-state index contributed by atoms with van der Waals surface area (Å²) in [5.41, 5.74) is -1.34. The molecule has 0 radical (unpaired) electrons. The molecule has 1 rings (SSSR count). The van der Waals surface area contributed by atoms with Gasteiger partial charge in [-0.05, 0) is 47.6 Å². The summed E-state index contributed by atoms with van der Waals surface area (Å²) >= 11 is 5.87. The van der Waals surface area contributed by atoms with Gasteiger partial charge in [0.15, 0.2) is 0 Å². The van der Waals surface area contributed by atoms with Crippen molar-refractivity contribution < 1.29 is 19.1 Å². The van der Waals surface area contributed by atoms with Gasteiger partial charge >= 0.3 is 12.2 Å². The summed E-state index contributed by atoms with van der Waals surface area (Å²) < 4.78 is 10.5. The first kappa shape index (κ1) is 18.2. The van der Waals surface area contributed by atoms with Gasteiger partial charge in [-0.2, -0.15) is 4.90 Å². The van der Waals surface area contributed by atoms with Gasteiger partial charge in [0.2, 0.25) is 0 Å². The predicted molar refractivity (Wildman–Crippen MR) is 84.2 cm³/mol. The molecule has 6 nitrogen and oxygen atoms in total. The van der Waals surface area contributed by atoms with E-state index in [1.165, 1.54) is 18.5 Å². The van der Waals surface area contributed by atoms with E-state index in [9.17, 15) is 9.59 Å². The molecule has 0 saturated heterocycles. The summed E-state index contributed by atoms with van der Waals surface area (Å²) in [6.07, 6.45) is 1.02. The molecule has 0 spiro atoms. The number of halogens is 1. The van der Waals surface area contributed by atoms with Crippen molar-refractivity contribution in [1.82, 2.24) is 4.98 Å². The van der Waals surface area contributed by atoms with Crippen LogP contribution < -0.4 is 4.90 Å². The van der Waals surface area contributed by atoms with Gasteiger partial charge in [0.1, 0.15) is 11.2 Å². The zero-order valence-electron chi connectivity index (χ0n) is 13.6. The van der Waals surface area contributed by atoms with Crippen molar-refractivity contribution in [2.24, 2.45) is 0 Å². The number of hydrogen-bond acceptors (Lipinski definition) is 5. The first-order valence-corrected chi connectivity index (χ1v) is 7.13. The van der Waals surface area contributed by atoms with Crippen LogP contribution in [0.3, 0.4) is 0 Å². The molecule has 1 aromatic rings. The third-order valence-corrected chi connectivity index (χ3v) is 2.31. The molecule has 0 saturated carbocycles. The largest absolute Gasteiger partial charge is 0.443 e. The van der Waals surface area contributed by atoms with Crippen LogP contribution in [0.2, 0.25) is 5.02 Å². The van der Waals surface area contributed by atoms with Crippen molar-refractivity contribution in [2.45, 2.75) is 52.7 Å². The second-order valence-corrected chi connectivity index (χ2v) is 7.09. The highest BCUT2D eigenvalue weighted by Gasteiger charge is 2.32. The van der Waals surface area contributed by atoms with E-state index in [0.717, 1.165) is 4.90 Å². The fraction of sp³-hybridized carbons (Fsp3) is 0.533. The minimum atomic E-state index is -0.856. The maximum atomic E-state index is 12.3. The molecule has 122 valence electrons. The van der Waals surface area contributed by atoms with Gasteiger partial charge in [-0.3, -0.25) is 4.98 Å². The summed E-state index contributed by atoms with van der Waals surface area (Å²) in [5, 5.41) is 0.287. The number of ether oxygens (including phenoxy) is 2. The van der Waals surface area contributed by atoms with Crippen LogP contribution in [-0.4, -0.2) is 28.4 Å². The van der Waals surface area contributed by atoms with Crippen molar-refractivity contribution in [3.05, 3.63) is 23.5 Å². The van der Waals surface area contributed by atoms with E-state index in [-0.39, 0.29) is 10.7 Å². The number of aromatic nitrogens is 1. The number of rotatable bonds is 1. The van der Waals surface area contributed by atoms with E-state index in [1.54, 1.807) is 41.5 Å². The Balaban J connectivity index is 3.15. The second kappa shape index (κ2) is 6.52. The quantitative estimate of drug-likeness (QED) is 0.763. The van der Waals surface area contributed by atoms with Gasteiger partial charge < -0.3 is 9.47 Å². The second-order valence-electron chi connectivity index (χ2n) is 6.66. The molecule has 7 heteroatoms. The molecule has 2 amide bonds. The molecule has 0 unspecified atom stereocenters. The lowest BCUT2D eigenvalue weighted by atomic mass is 10.2. The Morgan fingerprint density at radius 3 is 1.82 bits per heavy atom. The third-order valence-electron chi connectivity index (χ3n) is 2.10. The van der Waals surface area contributed by atoms with Gasteiger partial charge in [-0.1, -0.05) is 11.6 Å². The van der Waals surface area contributed by atoms with Crippen LogP contribution in [0.5, 0.6) is 0 Å². The highest BCUT2D eigenvalue weighted by Crippen LogP contribution is 2.23. The third kappa shape index (κ3) is 5.89. The smallest absolute Gasteiger partial charge is 0.424 e. The van der Waals surface area contributed by atoms with Crippen LogP contribution in [0.15, 0.2) is 18.5 Å². The molecule has 0 fully saturated rings. The molecule has 1 heterocycles. The van der Waals surface area contributed by atoms with Crippen molar-refractivity contribution >= 4 is 29.5 Å². The summed E-state index contributed by atoms with van der Waals surface area (Å²) in [4.78, 5) is 29.3. The van der Waals surface area contributed by atoms with E-state index >= 15 is 0 Å². The van der Waals surface area contributed by atoms with Gasteiger partial charge in [0.25, 0.3) is 0 Å². The number of carbonyl (C=O) groups excluding carboxylic acids is 2. The SMILES string of the molecule is CC(C)(C)OC(=O)N(C(=O)OC(C)(C)C)c1cncc(Cl)c1. The van der Waals surface area contributed by atoms with E-state index in [4.69, 9.17) is 21.1 Å². The number of hydrogen-bond donors (Lipinski definition) is 0. The van der Waals surface area contributed by atoms with Crippen molar-refractivity contribution in [1.29, 1.82) is 0 Å². The van der Waals surface area contributed by atoms with E-state index in [2.05, 4.69) is 4.98 Å². The maximum Gasteiger partial charge on any atom is 0.424 e. The van der Waals surface area contributed by atoms with E-state index in [1.807, 2.05) is 0 Å². The minimum Gasteiger partial charge on any atom is -0.443 e. The Morgan fingerprint density at radius 1 is 1.00 bits per heavy atom. The zero-order valence-corrected chi connectivity index (χ0v) is 14.4. The predicted octanol–water partition coefficient (Wildman–Crippen LogP) is 4.41. The number of anilines is 1. The van der Waals surface area contributed by atoms with Crippen LogP contribution >= 0.6 is 11.6 Å². The Hall–Kier alpha value is -1.82. The average molecular weight is 329 g/mol. The summed E-state index contributed by atoms with van der Waals surface area (Å²) in [6.45, 7) is 10.2. The number of amides is 2. The molecule has 0 atom stereocenters. The lowest BCUT2D eigenvalue weighted by Crippen LogP contribution is -2.43. The molecule has 0 aromatic carbocycles. The van der Waals surface area contributed by atoms with Crippen molar-refractivity contribution in [3.8, 4) is 0 Å². The lowest BCUT2D eigenvalue weighted by molar-refractivity contribution is 0.0430. The standard InChI is InChI=1S/C15H21ClN2O4/c1-14(2,3)21-12(19)18(13(20)22-15(4,5)6)11-7-10(16)8-17-9-11/h7-9H,1-6H3. The summed E-state index contributed by atoms with van der Waals surface area (Å²) in [5.74, 6) is 0. The van der Waals surface area contributed by atoms with Gasteiger partial charge in [-0.15, -0.1) is 0 Å². The van der Waals surface area contributed by atoms with Crippen molar-refractivity contribution in [2.75, 3.05) is 4.90 Å². The number of nitrogens with zero attached hydrogens (tertiary/aromatic N) is 2. The monoisotopic (exact) mass is 328 g/mol. The van der Waals surface area contributed by atoms with Crippen LogP contribution in [0, 0.1) is 0 Å². The van der Waals surface area contributed by atoms with Gasteiger partial charge in [-0.25, -0.2) is 9.59 Å². The van der Waals surface area contributed by atoms with Crippen LogP contribution in [0.1, 0.15) is 41.5 Å². The van der Waals surface area contributed by atoms with Crippen LogP contribution in [0.4, 0.5) is 15.3 Å². The average Bonchev–Trinajstić information content (AvgIpc) is 2.23. The van der Waals surface area contributed by atoms with Gasteiger partial charge in [0, 0.05) is 6.20 Å². The van der Waals surface area contributed by atoms with Gasteiger partial charge in [0.05, 0.1) is 16.9 Å². The molecular formula is C15H21ClN2O4. The highest BCUT2D eigenvalue weighted by atomic mass is 35.5. The molecule has 0 aliphatic carbocycles. The molecule has 22 heavy (non-hydrogen) atoms. The molecule has 0 N–H and O–H groups in total. The number of imide groups is 1. The molecule has 0 bridgehead atoms. The maximum absolute atomic E-state index is 12.3. The highest BCUT2D eigenvalue weighted by molar-refractivity contribution is 6.30. The molecular weight excluding hydrogens is 308 g/mol. The topological polar surface area (TPSA) is 68.7 Å². The Labute approximate surface area is 135 Å². The van der Waals surface area contributed by atoms with E-state index < -0.39 is 23.4 Å². The first-order chi connectivity index (χ1) is 9.89. The number of pyridine rings is 1. The first-order valence-electron chi connectivity index (χ1n) is 6.76. The fourth-order valence-corrected chi connectivity index (χ4v) is 1.59. The lowest BCUT2D eigenvalue weighted by Gasteiger charge is -2.28. The van der Waals surface area contributed by atoms with Crippen molar-refractivity contribution in [3.63, 3.8) is 0 Å². The number of carbonyl (C=O) groups is 2. The minimum absolute atomic E-state index is 0.177. The Morgan fingerprint density at radius 2 is 1.45 bits per heavy atom.